The summed E-state index contributed by atoms with van der Waals surface area (Å²) >= 11 is 0. The maximum absolute atomic E-state index is 9.76. The predicted molar refractivity (Wildman–Crippen MR) is 63.0 cm³/mol. The van der Waals surface area contributed by atoms with Gasteiger partial charge in [-0.05, 0) is 6.42 Å². The van der Waals surface area contributed by atoms with E-state index in [0.717, 1.165) is 12.8 Å². The molecule has 0 amide bonds. The Bertz CT molecular complexity index is 198. The van der Waals surface area contributed by atoms with Crippen LogP contribution < -0.4 is 0 Å². The van der Waals surface area contributed by atoms with E-state index in [1.807, 2.05) is 6.92 Å². The van der Waals surface area contributed by atoms with Gasteiger partial charge in [-0.15, -0.1) is 0 Å². The number of aliphatic carboxylic acids is 3. The highest BCUT2D eigenvalue weighted by Crippen LogP contribution is 1.91. The second kappa shape index (κ2) is 16.8. The van der Waals surface area contributed by atoms with E-state index in [-0.39, 0.29) is 12.8 Å². The molecule has 0 aromatic carbocycles. The molecule has 17 heavy (non-hydrogen) atoms. The number of carbonyl (C=O) groups is 3. The number of hydrogen-bond acceptors (Lipinski definition) is 3. The van der Waals surface area contributed by atoms with Gasteiger partial charge in [-0.25, -0.2) is 0 Å². The fourth-order valence-electron chi connectivity index (χ4n) is 0.328. The Balaban J connectivity index is -0.000000177. The topological polar surface area (TPSA) is 112 Å². The van der Waals surface area contributed by atoms with Crippen LogP contribution in [-0.4, -0.2) is 33.2 Å². The van der Waals surface area contributed by atoms with Crippen LogP contribution in [0.25, 0.3) is 0 Å². The lowest BCUT2D eigenvalue weighted by Gasteiger charge is -1.85. The molecule has 0 atom stereocenters. The summed E-state index contributed by atoms with van der Waals surface area (Å²) in [5.41, 5.74) is 0. The molecule has 0 heterocycles. The van der Waals surface area contributed by atoms with Crippen LogP contribution in [0.15, 0.2) is 0 Å². The lowest BCUT2D eigenvalue weighted by molar-refractivity contribution is -0.138. The molecule has 0 saturated heterocycles. The zero-order chi connectivity index (χ0) is 14.3. The number of hydrogen-bond donors (Lipinski definition) is 3. The summed E-state index contributed by atoms with van der Waals surface area (Å²) in [5, 5.41) is 23.5. The first-order valence-corrected chi connectivity index (χ1v) is 5.47. The van der Waals surface area contributed by atoms with Crippen molar-refractivity contribution in [1.82, 2.24) is 0 Å². The van der Waals surface area contributed by atoms with E-state index in [9.17, 15) is 14.4 Å². The monoisotopic (exact) mass is 250 g/mol. The third kappa shape index (κ3) is 54.0. The van der Waals surface area contributed by atoms with Gasteiger partial charge in [0.1, 0.15) is 0 Å². The number of rotatable bonds is 5. The van der Waals surface area contributed by atoms with Gasteiger partial charge in [0.2, 0.25) is 0 Å². The lowest BCUT2D eigenvalue weighted by Crippen LogP contribution is -1.91. The summed E-state index contributed by atoms with van der Waals surface area (Å²) in [6.45, 7) is 5.17. The Labute approximate surface area is 101 Å². The number of carboxylic acid groups (broad SMARTS) is 3. The van der Waals surface area contributed by atoms with Gasteiger partial charge >= 0.3 is 17.9 Å². The van der Waals surface area contributed by atoms with E-state index >= 15 is 0 Å². The minimum atomic E-state index is -0.745. The van der Waals surface area contributed by atoms with Crippen LogP contribution in [0.2, 0.25) is 0 Å². The molecule has 6 heteroatoms. The van der Waals surface area contributed by atoms with Crippen molar-refractivity contribution in [3.05, 3.63) is 0 Å². The van der Waals surface area contributed by atoms with Crippen molar-refractivity contribution in [2.45, 2.75) is 52.9 Å². The van der Waals surface area contributed by atoms with Crippen LogP contribution in [0.5, 0.6) is 0 Å². The molecule has 0 fully saturated rings. The van der Waals surface area contributed by atoms with Crippen LogP contribution in [0.1, 0.15) is 52.9 Å². The summed E-state index contributed by atoms with van der Waals surface area (Å²) in [7, 11) is 0. The van der Waals surface area contributed by atoms with Crippen molar-refractivity contribution in [2.24, 2.45) is 0 Å². The van der Waals surface area contributed by atoms with Crippen LogP contribution in [-0.2, 0) is 14.4 Å². The van der Waals surface area contributed by atoms with E-state index in [1.54, 1.807) is 13.8 Å². The molecule has 0 bridgehead atoms. The molecule has 6 nitrogen and oxygen atoms in total. The summed E-state index contributed by atoms with van der Waals surface area (Å²) in [6.07, 6.45) is 2.53. The van der Waals surface area contributed by atoms with Crippen LogP contribution >= 0.6 is 0 Å². The predicted octanol–water partition coefficient (Wildman–Crippen LogP) is 2.22. The molecule has 0 rings (SSSR count). The summed E-state index contributed by atoms with van der Waals surface area (Å²) < 4.78 is 0. The largest absolute Gasteiger partial charge is 0.481 e. The van der Waals surface area contributed by atoms with Gasteiger partial charge in [-0.1, -0.05) is 27.2 Å². The van der Waals surface area contributed by atoms with Crippen molar-refractivity contribution >= 4 is 17.9 Å². The summed E-state index contributed by atoms with van der Waals surface area (Å²) in [4.78, 5) is 28.5. The zero-order valence-corrected chi connectivity index (χ0v) is 10.6. The van der Waals surface area contributed by atoms with E-state index < -0.39 is 17.9 Å². The van der Waals surface area contributed by atoms with Crippen molar-refractivity contribution in [1.29, 1.82) is 0 Å². The highest BCUT2D eigenvalue weighted by atomic mass is 16.4. The van der Waals surface area contributed by atoms with Gasteiger partial charge in [0.25, 0.3) is 0 Å². The van der Waals surface area contributed by atoms with Gasteiger partial charge in [-0.2, -0.15) is 0 Å². The lowest BCUT2D eigenvalue weighted by atomic mass is 10.3. The molecule has 0 aliphatic rings. The van der Waals surface area contributed by atoms with Gasteiger partial charge in [0.05, 0.1) is 0 Å². The Morgan fingerprint density at radius 3 is 1.12 bits per heavy atom. The van der Waals surface area contributed by atoms with Gasteiger partial charge in [0.15, 0.2) is 0 Å². The minimum absolute atomic E-state index is 0.222. The average molecular weight is 250 g/mol. The molecule has 0 spiro atoms. The Morgan fingerprint density at radius 1 is 0.765 bits per heavy atom. The average Bonchev–Trinajstić information content (AvgIpc) is 2.27. The summed E-state index contributed by atoms with van der Waals surface area (Å²) in [5.74, 6) is -2.18. The molecule has 0 aliphatic carbocycles. The number of carboxylic acids is 3. The van der Waals surface area contributed by atoms with E-state index in [4.69, 9.17) is 15.3 Å². The summed E-state index contributed by atoms with van der Waals surface area (Å²) in [6, 6.07) is 0. The molecule has 0 radical (unpaired) electrons. The van der Waals surface area contributed by atoms with Gasteiger partial charge in [0, 0.05) is 19.3 Å². The fraction of sp³-hybridized carbons (Fsp3) is 0.727. The van der Waals surface area contributed by atoms with Gasteiger partial charge < -0.3 is 15.3 Å². The standard InChI is InChI=1S/C5H10O2.2C3H6O2/c1-2-3-4-5(6)7;2*1-2-3(4)5/h2-4H2,1H3,(H,6,7);2*2H2,1H3,(H,4,5). The maximum atomic E-state index is 9.76. The van der Waals surface area contributed by atoms with E-state index in [0.29, 0.717) is 6.42 Å². The number of unbranched alkanes of at least 4 members (excludes halogenated alkanes) is 1. The van der Waals surface area contributed by atoms with Crippen molar-refractivity contribution in [3.8, 4) is 0 Å². The quantitative estimate of drug-likeness (QED) is 0.689. The minimum Gasteiger partial charge on any atom is -0.481 e. The first-order chi connectivity index (χ1) is 7.81. The molecular weight excluding hydrogens is 228 g/mol. The van der Waals surface area contributed by atoms with Crippen LogP contribution in [0.3, 0.4) is 0 Å². The Hall–Kier alpha value is -1.59. The molecule has 3 N–H and O–H groups in total. The molecule has 0 aromatic heterocycles. The second-order valence-electron chi connectivity index (χ2n) is 2.99. The van der Waals surface area contributed by atoms with E-state index in [1.165, 1.54) is 0 Å². The highest BCUT2D eigenvalue weighted by Gasteiger charge is 1.90. The van der Waals surface area contributed by atoms with Crippen molar-refractivity contribution in [2.75, 3.05) is 0 Å². The van der Waals surface area contributed by atoms with Crippen molar-refractivity contribution in [3.63, 3.8) is 0 Å². The third-order valence-electron chi connectivity index (χ3n) is 1.35. The van der Waals surface area contributed by atoms with Crippen molar-refractivity contribution < 1.29 is 29.7 Å². The molecule has 0 aromatic rings. The van der Waals surface area contributed by atoms with Crippen LogP contribution in [0.4, 0.5) is 0 Å². The molecule has 0 saturated carbocycles. The molecule has 0 aliphatic heterocycles. The molecule has 0 unspecified atom stereocenters. The maximum Gasteiger partial charge on any atom is 0.303 e. The second-order valence-corrected chi connectivity index (χ2v) is 2.99. The normalized spacial score (nSPS) is 7.94. The smallest absolute Gasteiger partial charge is 0.303 e. The first kappa shape index (κ1) is 20.8. The Kier molecular flexibility index (Phi) is 20.6. The fourth-order valence-corrected chi connectivity index (χ4v) is 0.328. The third-order valence-corrected chi connectivity index (χ3v) is 1.35. The Morgan fingerprint density at radius 2 is 1.06 bits per heavy atom. The highest BCUT2D eigenvalue weighted by molar-refractivity contribution is 5.66. The van der Waals surface area contributed by atoms with Crippen LogP contribution in [0, 0.1) is 0 Å². The molecular formula is C11H22O6. The first-order valence-electron chi connectivity index (χ1n) is 5.47. The van der Waals surface area contributed by atoms with Gasteiger partial charge in [-0.3, -0.25) is 14.4 Å². The zero-order valence-electron chi connectivity index (χ0n) is 10.6. The SMILES string of the molecule is CCC(=O)O.CCC(=O)O.CCCCC(=O)O. The molecule has 102 valence electrons. The van der Waals surface area contributed by atoms with E-state index in [2.05, 4.69) is 0 Å².